The molecule has 5 nitrogen and oxygen atoms in total. The molecule has 0 aliphatic heterocycles. The highest BCUT2D eigenvalue weighted by Crippen LogP contribution is 2.05. The second-order valence-electron chi connectivity index (χ2n) is 4.26. The summed E-state index contributed by atoms with van der Waals surface area (Å²) in [7, 11) is 0. The zero-order valence-electron chi connectivity index (χ0n) is 9.33. The molecule has 0 aromatic carbocycles. The van der Waals surface area contributed by atoms with E-state index in [-0.39, 0.29) is 18.1 Å². The summed E-state index contributed by atoms with van der Waals surface area (Å²) >= 11 is 0. The average molecular weight is 211 g/mol. The average Bonchev–Trinajstić information content (AvgIpc) is 2.62. The molecule has 0 aliphatic carbocycles. The van der Waals surface area contributed by atoms with Crippen molar-refractivity contribution in [2.45, 2.75) is 32.9 Å². The zero-order chi connectivity index (χ0) is 11.3. The first-order valence-electron chi connectivity index (χ1n) is 4.86. The maximum absolute atomic E-state index is 11.3. The van der Waals surface area contributed by atoms with Crippen molar-refractivity contribution in [1.29, 1.82) is 0 Å². The first-order valence-corrected chi connectivity index (χ1v) is 4.86. The van der Waals surface area contributed by atoms with Crippen LogP contribution in [0, 0.1) is 0 Å². The lowest BCUT2D eigenvalue weighted by Gasteiger charge is -2.18. The number of aromatic amines is 1. The lowest BCUT2D eigenvalue weighted by molar-refractivity contribution is -0.130. The Kier molecular flexibility index (Phi) is 3.85. The van der Waals surface area contributed by atoms with Gasteiger partial charge in [-0.1, -0.05) is 0 Å². The Balaban J connectivity index is 2.20. The van der Waals surface area contributed by atoms with Gasteiger partial charge >= 0.3 is 0 Å². The van der Waals surface area contributed by atoms with Crippen molar-refractivity contribution in [1.82, 2.24) is 15.5 Å². The summed E-state index contributed by atoms with van der Waals surface area (Å²) in [6.07, 6.45) is 1.65. The predicted octanol–water partition coefficient (Wildman–Crippen LogP) is 0.841. The van der Waals surface area contributed by atoms with Gasteiger partial charge in [0.05, 0.1) is 17.8 Å². The fourth-order valence-corrected chi connectivity index (χ4v) is 0.910. The Morgan fingerprint density at radius 1 is 1.60 bits per heavy atom. The number of hydrogen-bond donors (Lipinski definition) is 2. The molecule has 0 spiro atoms. The molecule has 15 heavy (non-hydrogen) atoms. The number of carbonyl (C=O) groups excluding carboxylic acids is 1. The first-order chi connectivity index (χ1) is 6.97. The molecule has 0 aliphatic rings. The van der Waals surface area contributed by atoms with Gasteiger partial charge in [0.2, 0.25) is 5.91 Å². The lowest BCUT2D eigenvalue weighted by Crippen LogP contribution is -2.31. The van der Waals surface area contributed by atoms with E-state index in [1.54, 1.807) is 6.20 Å². The quantitative estimate of drug-likeness (QED) is 0.775. The van der Waals surface area contributed by atoms with Crippen molar-refractivity contribution in [3.63, 3.8) is 0 Å². The summed E-state index contributed by atoms with van der Waals surface area (Å²) in [5.74, 6) is -0.125. The van der Waals surface area contributed by atoms with Crippen LogP contribution >= 0.6 is 0 Å². The molecule has 0 bridgehead atoms. The Bertz CT molecular complexity index is 301. The van der Waals surface area contributed by atoms with Gasteiger partial charge in [0.25, 0.3) is 0 Å². The maximum atomic E-state index is 11.3. The van der Waals surface area contributed by atoms with E-state index in [0.717, 1.165) is 5.69 Å². The molecule has 0 fully saturated rings. The third-order valence-electron chi connectivity index (χ3n) is 1.67. The van der Waals surface area contributed by atoms with Crippen LogP contribution in [0.1, 0.15) is 26.5 Å². The van der Waals surface area contributed by atoms with Gasteiger partial charge in [-0.3, -0.25) is 9.89 Å². The number of aromatic nitrogens is 2. The fraction of sp³-hybridized carbons (Fsp3) is 0.600. The molecule has 1 aromatic heterocycles. The number of amides is 1. The molecule has 1 aromatic rings. The van der Waals surface area contributed by atoms with E-state index in [1.165, 1.54) is 0 Å². The number of rotatable bonds is 4. The molecule has 0 saturated carbocycles. The summed E-state index contributed by atoms with van der Waals surface area (Å²) in [5, 5.41) is 9.26. The van der Waals surface area contributed by atoms with E-state index in [4.69, 9.17) is 4.74 Å². The first kappa shape index (κ1) is 11.7. The fourth-order valence-electron chi connectivity index (χ4n) is 0.910. The minimum atomic E-state index is -0.286. The number of ether oxygens (including phenoxy) is 1. The summed E-state index contributed by atoms with van der Waals surface area (Å²) in [5.41, 5.74) is 0.588. The topological polar surface area (TPSA) is 67.0 Å². The summed E-state index contributed by atoms with van der Waals surface area (Å²) in [6, 6.07) is 1.81. The Morgan fingerprint density at radius 3 is 2.87 bits per heavy atom. The van der Waals surface area contributed by atoms with Gasteiger partial charge in [0.15, 0.2) is 0 Å². The van der Waals surface area contributed by atoms with Crippen molar-refractivity contribution < 1.29 is 9.53 Å². The highest BCUT2D eigenvalue weighted by atomic mass is 16.5. The standard InChI is InChI=1S/C10H17N3O2/c1-10(2,3)15-7-9(14)11-6-8-4-5-12-13-8/h4-5H,6-7H2,1-3H3,(H,11,14)(H,12,13). The third kappa shape index (κ3) is 5.17. The number of H-pyrrole nitrogens is 1. The van der Waals surface area contributed by atoms with Crippen molar-refractivity contribution in [2.75, 3.05) is 6.61 Å². The summed E-state index contributed by atoms with van der Waals surface area (Å²) < 4.78 is 5.32. The van der Waals surface area contributed by atoms with Gasteiger partial charge in [-0.15, -0.1) is 0 Å². The Morgan fingerprint density at radius 2 is 2.33 bits per heavy atom. The number of nitrogens with one attached hydrogen (secondary N) is 2. The minimum absolute atomic E-state index is 0.0810. The van der Waals surface area contributed by atoms with Crippen LogP contribution in [0.15, 0.2) is 12.3 Å². The van der Waals surface area contributed by atoms with E-state index in [1.807, 2.05) is 26.8 Å². The number of nitrogens with zero attached hydrogens (tertiary/aromatic N) is 1. The van der Waals surface area contributed by atoms with Gasteiger partial charge in [-0.2, -0.15) is 5.10 Å². The third-order valence-corrected chi connectivity index (χ3v) is 1.67. The molecule has 84 valence electrons. The van der Waals surface area contributed by atoms with Gasteiger partial charge in [0, 0.05) is 6.20 Å². The lowest BCUT2D eigenvalue weighted by atomic mass is 10.2. The van der Waals surface area contributed by atoms with Crippen LogP contribution in [0.25, 0.3) is 0 Å². The van der Waals surface area contributed by atoms with Crippen LogP contribution < -0.4 is 5.32 Å². The molecule has 5 heteroatoms. The number of hydrogen-bond acceptors (Lipinski definition) is 3. The van der Waals surface area contributed by atoms with Crippen molar-refractivity contribution in [2.24, 2.45) is 0 Å². The van der Waals surface area contributed by atoms with Crippen LogP contribution in [-0.2, 0) is 16.1 Å². The molecule has 0 unspecified atom stereocenters. The van der Waals surface area contributed by atoms with Crippen LogP contribution in [0.2, 0.25) is 0 Å². The van der Waals surface area contributed by atoms with Gasteiger partial charge < -0.3 is 10.1 Å². The van der Waals surface area contributed by atoms with Crippen LogP contribution in [0.5, 0.6) is 0 Å². The van der Waals surface area contributed by atoms with Crippen LogP contribution in [-0.4, -0.2) is 28.3 Å². The predicted molar refractivity (Wildman–Crippen MR) is 56.1 cm³/mol. The Hall–Kier alpha value is -1.36. The second-order valence-corrected chi connectivity index (χ2v) is 4.26. The molecule has 0 radical (unpaired) electrons. The van der Waals surface area contributed by atoms with E-state index in [9.17, 15) is 4.79 Å². The SMILES string of the molecule is CC(C)(C)OCC(=O)NCc1ccn[nH]1. The van der Waals surface area contributed by atoms with Crippen molar-refractivity contribution in [3.8, 4) is 0 Å². The largest absolute Gasteiger partial charge is 0.366 e. The smallest absolute Gasteiger partial charge is 0.246 e. The van der Waals surface area contributed by atoms with Crippen LogP contribution in [0.3, 0.4) is 0 Å². The maximum Gasteiger partial charge on any atom is 0.246 e. The van der Waals surface area contributed by atoms with Crippen LogP contribution in [0.4, 0.5) is 0 Å². The van der Waals surface area contributed by atoms with Gasteiger partial charge in [-0.05, 0) is 26.8 Å². The molecule has 2 N–H and O–H groups in total. The number of carbonyl (C=O) groups is 1. The van der Waals surface area contributed by atoms with Gasteiger partial charge in [-0.25, -0.2) is 0 Å². The Labute approximate surface area is 89.2 Å². The molecule has 1 amide bonds. The van der Waals surface area contributed by atoms with E-state index >= 15 is 0 Å². The summed E-state index contributed by atoms with van der Waals surface area (Å²) in [4.78, 5) is 11.3. The molecule has 1 heterocycles. The second kappa shape index (κ2) is 4.93. The molecule has 0 atom stereocenters. The van der Waals surface area contributed by atoms with E-state index in [0.29, 0.717) is 6.54 Å². The minimum Gasteiger partial charge on any atom is -0.366 e. The van der Waals surface area contributed by atoms with E-state index < -0.39 is 0 Å². The molecular formula is C10H17N3O2. The molecule has 1 rings (SSSR count). The highest BCUT2D eigenvalue weighted by Gasteiger charge is 2.12. The monoisotopic (exact) mass is 211 g/mol. The normalized spacial score (nSPS) is 11.4. The van der Waals surface area contributed by atoms with Crippen molar-refractivity contribution in [3.05, 3.63) is 18.0 Å². The molecular weight excluding hydrogens is 194 g/mol. The van der Waals surface area contributed by atoms with E-state index in [2.05, 4.69) is 15.5 Å². The highest BCUT2D eigenvalue weighted by molar-refractivity contribution is 5.77. The zero-order valence-corrected chi connectivity index (χ0v) is 9.33. The van der Waals surface area contributed by atoms with Crippen molar-refractivity contribution >= 4 is 5.91 Å². The summed E-state index contributed by atoms with van der Waals surface area (Å²) in [6.45, 7) is 6.27. The molecule has 0 saturated heterocycles. The van der Waals surface area contributed by atoms with Gasteiger partial charge in [0.1, 0.15) is 6.61 Å².